The lowest BCUT2D eigenvalue weighted by Gasteiger charge is -2.45. The molecule has 2 rings (SSSR count). The van der Waals surface area contributed by atoms with Crippen LogP contribution in [0, 0.1) is 23.5 Å². The number of primary amides is 1. The highest BCUT2D eigenvalue weighted by Crippen LogP contribution is 2.39. The summed E-state index contributed by atoms with van der Waals surface area (Å²) in [5, 5.41) is 0. The molecule has 0 saturated carbocycles. The van der Waals surface area contributed by atoms with Gasteiger partial charge in [0.25, 0.3) is 5.91 Å². The molecule has 1 saturated heterocycles. The zero-order valence-electron chi connectivity index (χ0n) is 26.0. The van der Waals surface area contributed by atoms with Crippen LogP contribution in [0.3, 0.4) is 0 Å². The van der Waals surface area contributed by atoms with Gasteiger partial charge in [0, 0.05) is 47.0 Å². The number of hydrogen-bond acceptors (Lipinski definition) is 9. The number of carbonyl (C=O) groups excluding carboxylic acids is 5. The van der Waals surface area contributed by atoms with Gasteiger partial charge in [0.05, 0.1) is 5.92 Å². The van der Waals surface area contributed by atoms with E-state index in [0.29, 0.717) is 25.3 Å². The van der Waals surface area contributed by atoms with E-state index in [0.717, 1.165) is 40.0 Å². The fourth-order valence-corrected chi connectivity index (χ4v) is 5.36. The van der Waals surface area contributed by atoms with E-state index >= 15 is 0 Å². The summed E-state index contributed by atoms with van der Waals surface area (Å²) in [7, 11) is 1.09. The number of likely N-dealkylation sites (tertiary alicyclic amines) is 1. The van der Waals surface area contributed by atoms with Crippen molar-refractivity contribution in [3.05, 3.63) is 47.5 Å². The predicted octanol–water partition coefficient (Wildman–Crippen LogP) is 3.36. The fraction of sp³-hybridized carbons (Fsp3) is 0.581. The zero-order valence-corrected chi connectivity index (χ0v) is 26.0. The topological polar surface area (TPSA) is 152 Å². The highest BCUT2D eigenvalue weighted by atomic mass is 19.1. The second kappa shape index (κ2) is 16.3. The van der Waals surface area contributed by atoms with Crippen LogP contribution in [0.25, 0.3) is 0 Å². The van der Waals surface area contributed by atoms with Crippen LogP contribution in [0.15, 0.2) is 30.4 Å². The maximum absolute atomic E-state index is 14.2. The molecule has 13 heteroatoms. The molecule has 0 spiro atoms. The molecule has 44 heavy (non-hydrogen) atoms. The van der Waals surface area contributed by atoms with Crippen molar-refractivity contribution < 1.29 is 51.7 Å². The van der Waals surface area contributed by atoms with Crippen molar-refractivity contribution in [1.82, 2.24) is 4.90 Å². The molecule has 1 aromatic rings. The molecule has 11 nitrogen and oxygen atoms in total. The first-order valence-corrected chi connectivity index (χ1v) is 14.4. The van der Waals surface area contributed by atoms with Crippen molar-refractivity contribution in [1.29, 1.82) is 0 Å². The molecule has 0 bridgehead atoms. The largest absolute Gasteiger partial charge is 0.455 e. The van der Waals surface area contributed by atoms with E-state index in [2.05, 4.69) is 0 Å². The normalized spacial score (nSPS) is 19.7. The quantitative estimate of drug-likeness (QED) is 0.187. The van der Waals surface area contributed by atoms with Crippen molar-refractivity contribution in [2.75, 3.05) is 13.7 Å². The lowest BCUT2D eigenvalue weighted by Crippen LogP contribution is -2.68. The molecule has 2 N–H and O–H groups in total. The number of nitrogens with two attached hydrogens (primary N) is 1. The Morgan fingerprint density at radius 1 is 1.00 bits per heavy atom. The lowest BCUT2D eigenvalue weighted by atomic mass is 9.75. The van der Waals surface area contributed by atoms with Gasteiger partial charge in [0.15, 0.2) is 23.9 Å². The van der Waals surface area contributed by atoms with E-state index in [4.69, 9.17) is 24.7 Å². The van der Waals surface area contributed by atoms with E-state index in [1.165, 1.54) is 11.0 Å². The van der Waals surface area contributed by atoms with E-state index in [-0.39, 0.29) is 31.0 Å². The summed E-state index contributed by atoms with van der Waals surface area (Å²) in [6, 6.07) is 2.87. The second-order valence-corrected chi connectivity index (χ2v) is 10.9. The van der Waals surface area contributed by atoms with Crippen LogP contribution in [0.5, 0.6) is 0 Å². The molecule has 244 valence electrons. The number of ether oxygens (including phenoxy) is 4. The number of halogens is 2. The Bertz CT molecular complexity index is 1220. The number of rotatable bonds is 14. The third-order valence-electron chi connectivity index (χ3n) is 7.53. The highest BCUT2D eigenvalue weighted by Gasteiger charge is 2.61. The van der Waals surface area contributed by atoms with E-state index in [1.807, 2.05) is 13.8 Å². The average molecular weight is 625 g/mol. The zero-order chi connectivity index (χ0) is 33.2. The molecule has 1 aliphatic heterocycles. The molecule has 1 aromatic carbocycles. The van der Waals surface area contributed by atoms with Crippen molar-refractivity contribution in [2.45, 2.75) is 90.8 Å². The first-order chi connectivity index (χ1) is 20.7. The van der Waals surface area contributed by atoms with Crippen LogP contribution < -0.4 is 5.73 Å². The lowest BCUT2D eigenvalue weighted by molar-refractivity contribution is -0.219. The van der Waals surface area contributed by atoms with Gasteiger partial charge >= 0.3 is 17.9 Å². The van der Waals surface area contributed by atoms with Crippen molar-refractivity contribution in [3.63, 3.8) is 0 Å². The molecule has 2 amide bonds. The Morgan fingerprint density at radius 3 is 2.09 bits per heavy atom. The predicted molar refractivity (Wildman–Crippen MR) is 153 cm³/mol. The third-order valence-corrected chi connectivity index (χ3v) is 7.53. The minimum Gasteiger partial charge on any atom is -0.455 e. The third kappa shape index (κ3) is 9.31. The van der Waals surface area contributed by atoms with Crippen LogP contribution >= 0.6 is 0 Å². The first kappa shape index (κ1) is 36.3. The minimum absolute atomic E-state index is 0.00816. The number of carbonyl (C=O) groups is 5. The van der Waals surface area contributed by atoms with Crippen LogP contribution in [-0.2, 0) is 49.5 Å². The summed E-state index contributed by atoms with van der Waals surface area (Å²) in [5.74, 6) is -7.56. The number of methoxy groups -OCH3 is 1. The highest BCUT2D eigenvalue weighted by molar-refractivity contribution is 5.93. The molecular formula is C31H42F2N2O9. The van der Waals surface area contributed by atoms with Gasteiger partial charge in [0.2, 0.25) is 5.91 Å². The molecule has 0 aliphatic carbocycles. The maximum Gasteiger partial charge on any atom is 0.303 e. The van der Waals surface area contributed by atoms with Crippen LogP contribution in [-0.4, -0.2) is 72.2 Å². The molecule has 6 atom stereocenters. The van der Waals surface area contributed by atoms with Gasteiger partial charge in [0.1, 0.15) is 11.6 Å². The Balaban J connectivity index is 2.76. The monoisotopic (exact) mass is 624 g/mol. The average Bonchev–Trinajstić information content (AvgIpc) is 3.10. The summed E-state index contributed by atoms with van der Waals surface area (Å²) < 4.78 is 50.3. The number of amides is 2. The number of allylic oxidation sites excluding steroid dienone is 1. The van der Waals surface area contributed by atoms with Gasteiger partial charge in [-0.3, -0.25) is 24.0 Å². The smallest absolute Gasteiger partial charge is 0.303 e. The second-order valence-electron chi connectivity index (χ2n) is 10.9. The fourth-order valence-electron chi connectivity index (χ4n) is 5.36. The molecule has 1 aliphatic rings. The Labute approximate surface area is 256 Å². The number of nitrogens with zero attached hydrogens (tertiary/aromatic N) is 1. The summed E-state index contributed by atoms with van der Waals surface area (Å²) in [5.41, 5.74) is 3.68. The molecule has 1 fully saturated rings. The standard InChI is InChI=1S/C31H42F2N2O9/c1-7-18(2)11-12-26(42-19(3)36)27(43-20(4)37)28(44-21(5)38)31(41-6,30(34)40)25-10-8-9-13-35(29(25)39)17-22-14-23(32)16-24(33)15-22/h11-12,14-16,18,25-28H,7-10,13,17H2,1-6H3,(H2,34,40)/b12-11+/t18?,25-,26-,27+,28-,31-/m1/s1. The molecule has 0 aromatic heterocycles. The number of benzene rings is 1. The van der Waals surface area contributed by atoms with E-state index < -0.39 is 71.2 Å². The van der Waals surface area contributed by atoms with Gasteiger partial charge in [-0.05, 0) is 42.5 Å². The Kier molecular flexibility index (Phi) is 13.4. The van der Waals surface area contributed by atoms with Crippen molar-refractivity contribution >= 4 is 29.7 Å². The summed E-state index contributed by atoms with van der Waals surface area (Å²) in [6.45, 7) is 7.00. The van der Waals surface area contributed by atoms with Gasteiger partial charge in [-0.2, -0.15) is 0 Å². The number of hydrogen-bond donors (Lipinski definition) is 1. The molecular weight excluding hydrogens is 582 g/mol. The molecule has 1 heterocycles. The first-order valence-electron chi connectivity index (χ1n) is 14.4. The summed E-state index contributed by atoms with van der Waals surface area (Å²) >= 11 is 0. The van der Waals surface area contributed by atoms with Gasteiger partial charge in [-0.1, -0.05) is 32.8 Å². The maximum atomic E-state index is 14.2. The van der Waals surface area contributed by atoms with E-state index in [9.17, 15) is 32.8 Å². The number of esters is 3. The Morgan fingerprint density at radius 2 is 1.59 bits per heavy atom. The van der Waals surface area contributed by atoms with E-state index in [1.54, 1.807) is 6.08 Å². The van der Waals surface area contributed by atoms with Crippen LogP contribution in [0.1, 0.15) is 65.9 Å². The Hall–Kier alpha value is -3.87. The summed E-state index contributed by atoms with van der Waals surface area (Å²) in [4.78, 5) is 66.1. The molecule has 0 radical (unpaired) electrons. The summed E-state index contributed by atoms with van der Waals surface area (Å²) in [6.07, 6.45) is -0.240. The van der Waals surface area contributed by atoms with Crippen molar-refractivity contribution in [3.8, 4) is 0 Å². The SMILES string of the molecule is CCC(C)/C=C/[C@@H](OC(C)=O)[C@H](OC(C)=O)[C@@H](OC(C)=O)[C@@](OC)(C(N)=O)[C@@H]1CCCCN(Cc2cc(F)cc(F)c2)C1=O. The van der Waals surface area contributed by atoms with Crippen molar-refractivity contribution in [2.24, 2.45) is 17.6 Å². The van der Waals surface area contributed by atoms with Gasteiger partial charge in [-0.15, -0.1) is 0 Å². The van der Waals surface area contributed by atoms with Gasteiger partial charge < -0.3 is 29.6 Å². The molecule has 1 unspecified atom stereocenters. The van der Waals surface area contributed by atoms with Crippen LogP contribution in [0.4, 0.5) is 8.78 Å². The van der Waals surface area contributed by atoms with Gasteiger partial charge in [-0.25, -0.2) is 8.78 Å². The minimum atomic E-state index is -2.44. The van der Waals surface area contributed by atoms with Crippen LogP contribution in [0.2, 0.25) is 0 Å².